The maximum Gasteiger partial charge on any atom is 0 e. The fourth-order valence-corrected chi connectivity index (χ4v) is 1.60. The SMILES string of the molecule is C/C=C/C=C/[C@H](O)[C@H](C)[C@H](O)c1ccccc1.[C-]#[O+].[C-]#[O+].[C-]#[O+].[Fe]. The average Bonchev–Trinajstić information content (AvgIpc) is 2.66. The normalized spacial score (nSPS) is 12.6. The van der Waals surface area contributed by atoms with Crippen LogP contribution in [0.2, 0.25) is 0 Å². The molecule has 130 valence electrons. The van der Waals surface area contributed by atoms with Gasteiger partial charge in [0.2, 0.25) is 0 Å². The molecule has 0 fully saturated rings. The smallest absolute Gasteiger partial charge is 0 e. The van der Waals surface area contributed by atoms with Crippen molar-refractivity contribution in [3.63, 3.8) is 0 Å². The minimum atomic E-state index is -0.651. The molecule has 1 aromatic carbocycles. The van der Waals surface area contributed by atoms with E-state index in [-0.39, 0.29) is 23.0 Å². The molecule has 6 heteroatoms. The number of hydrogen-bond acceptors (Lipinski definition) is 2. The van der Waals surface area contributed by atoms with Gasteiger partial charge in [0, 0.05) is 23.0 Å². The fourth-order valence-electron chi connectivity index (χ4n) is 1.60. The van der Waals surface area contributed by atoms with E-state index in [2.05, 4.69) is 20.0 Å². The van der Waals surface area contributed by atoms with Crippen molar-refractivity contribution in [3.05, 3.63) is 80.2 Å². The van der Waals surface area contributed by atoms with E-state index in [4.69, 9.17) is 14.0 Å². The Labute approximate surface area is 153 Å². The first-order chi connectivity index (χ1) is 11.2. The van der Waals surface area contributed by atoms with Crippen LogP contribution in [0.5, 0.6) is 0 Å². The first-order valence-electron chi connectivity index (χ1n) is 6.48. The Morgan fingerprint density at radius 2 is 1.38 bits per heavy atom. The van der Waals surface area contributed by atoms with E-state index in [9.17, 15) is 10.2 Å². The maximum absolute atomic E-state index is 10.1. The van der Waals surface area contributed by atoms with Crippen LogP contribution in [0, 0.1) is 25.9 Å². The van der Waals surface area contributed by atoms with E-state index < -0.39 is 12.2 Å². The molecule has 0 amide bonds. The number of aliphatic hydroxyl groups is 2. The molecule has 0 aromatic heterocycles. The molecule has 2 N–H and O–H groups in total. The second-order valence-electron chi connectivity index (χ2n) is 4.12. The standard InChI is InChI=1S/C15H20O2.3CO.Fe/c1-3-4-6-11-14(16)12(2)15(17)13-9-7-5-8-10-13;3*1-2;/h3-12,14-17H,1-2H3;;;;/b4-3+,11-6+;;;;/t12-,14-,15-;;;;/m0..../s1. The molecule has 0 aliphatic heterocycles. The molecule has 0 aliphatic rings. The summed E-state index contributed by atoms with van der Waals surface area (Å²) in [4.78, 5) is 0. The largest absolute Gasteiger partial charge is 0 e. The summed E-state index contributed by atoms with van der Waals surface area (Å²) in [7, 11) is 0. The third kappa shape index (κ3) is 14.0. The molecule has 0 heterocycles. The summed E-state index contributed by atoms with van der Waals surface area (Å²) in [5, 5.41) is 20.0. The van der Waals surface area contributed by atoms with Gasteiger partial charge in [-0.15, -0.1) is 0 Å². The summed E-state index contributed by atoms with van der Waals surface area (Å²) in [6, 6.07) is 9.40. The Hall–Kier alpha value is -1.64. The van der Waals surface area contributed by atoms with Crippen molar-refractivity contribution >= 4 is 0 Å². The second kappa shape index (κ2) is 23.6. The van der Waals surface area contributed by atoms with Gasteiger partial charge in [-0.05, 0) is 12.5 Å². The molecule has 1 aromatic rings. The molecule has 0 unspecified atom stereocenters. The van der Waals surface area contributed by atoms with Crippen LogP contribution in [-0.4, -0.2) is 16.3 Å². The summed E-state index contributed by atoms with van der Waals surface area (Å²) >= 11 is 0. The predicted molar refractivity (Wildman–Crippen MR) is 82.3 cm³/mol. The number of rotatable bonds is 5. The van der Waals surface area contributed by atoms with Gasteiger partial charge < -0.3 is 10.2 Å². The topological polar surface area (TPSA) is 100 Å². The molecule has 1 rings (SSSR count). The van der Waals surface area contributed by atoms with Gasteiger partial charge in [-0.2, -0.15) is 0 Å². The van der Waals surface area contributed by atoms with Crippen molar-refractivity contribution in [2.75, 3.05) is 0 Å². The third-order valence-electron chi connectivity index (χ3n) is 2.79. The van der Waals surface area contributed by atoms with Crippen LogP contribution >= 0.6 is 0 Å². The Morgan fingerprint density at radius 1 is 0.917 bits per heavy atom. The van der Waals surface area contributed by atoms with Crippen LogP contribution in [0.3, 0.4) is 0 Å². The Balaban J connectivity index is -0.000000256. The first kappa shape index (κ1) is 30.3. The predicted octanol–water partition coefficient (Wildman–Crippen LogP) is 2.73. The van der Waals surface area contributed by atoms with Gasteiger partial charge >= 0.3 is 33.9 Å². The zero-order valence-corrected chi connectivity index (χ0v) is 14.5. The molecule has 0 spiro atoms. The summed E-state index contributed by atoms with van der Waals surface area (Å²) in [5.74, 6) is -0.237. The first-order valence-corrected chi connectivity index (χ1v) is 6.48. The second-order valence-corrected chi connectivity index (χ2v) is 4.12. The molecule has 5 nitrogen and oxygen atoms in total. The summed E-state index contributed by atoms with van der Waals surface area (Å²) in [6.07, 6.45) is 5.92. The molecule has 0 saturated heterocycles. The molecule has 0 radical (unpaired) electrons. The molecule has 0 bridgehead atoms. The maximum atomic E-state index is 10.1. The van der Waals surface area contributed by atoms with Gasteiger partial charge in [-0.25, -0.2) is 0 Å². The van der Waals surface area contributed by atoms with Crippen molar-refractivity contribution in [2.24, 2.45) is 5.92 Å². The monoisotopic (exact) mass is 372 g/mol. The van der Waals surface area contributed by atoms with Gasteiger partial charge in [0.15, 0.2) is 0 Å². The van der Waals surface area contributed by atoms with E-state index >= 15 is 0 Å². The quantitative estimate of drug-likeness (QED) is 0.359. The van der Waals surface area contributed by atoms with Crippen LogP contribution in [0.1, 0.15) is 25.5 Å². The van der Waals surface area contributed by atoms with Crippen LogP contribution in [-0.2, 0) is 31.0 Å². The van der Waals surface area contributed by atoms with Gasteiger partial charge in [0.1, 0.15) is 0 Å². The molecular formula is C18H20FeO5. The summed E-state index contributed by atoms with van der Waals surface area (Å²) in [5.41, 5.74) is 0.832. The average molecular weight is 372 g/mol. The van der Waals surface area contributed by atoms with E-state index in [1.807, 2.05) is 56.3 Å². The Bertz CT molecular complexity index is 477. The van der Waals surface area contributed by atoms with Gasteiger partial charge in [-0.3, -0.25) is 0 Å². The number of benzene rings is 1. The number of aliphatic hydroxyl groups excluding tert-OH is 2. The molecule has 0 aliphatic carbocycles. The Morgan fingerprint density at radius 3 is 1.79 bits per heavy atom. The molecule has 24 heavy (non-hydrogen) atoms. The van der Waals surface area contributed by atoms with Crippen molar-refractivity contribution in [3.8, 4) is 0 Å². The van der Waals surface area contributed by atoms with Crippen molar-refractivity contribution in [1.82, 2.24) is 0 Å². The summed E-state index contributed by atoms with van der Waals surface area (Å²) in [6.45, 7) is 17.3. The number of hydrogen-bond donors (Lipinski definition) is 2. The third-order valence-corrected chi connectivity index (χ3v) is 2.79. The van der Waals surface area contributed by atoms with Crippen LogP contribution in [0.4, 0.5) is 0 Å². The van der Waals surface area contributed by atoms with E-state index in [1.54, 1.807) is 12.2 Å². The van der Waals surface area contributed by atoms with Crippen molar-refractivity contribution in [2.45, 2.75) is 26.1 Å². The number of allylic oxidation sites excluding steroid dienone is 3. The van der Waals surface area contributed by atoms with Gasteiger partial charge in [0.25, 0.3) is 0 Å². The fraction of sp³-hybridized carbons (Fsp3) is 0.278. The Kier molecular flexibility index (Phi) is 29.8. The van der Waals surface area contributed by atoms with Crippen LogP contribution < -0.4 is 0 Å². The minimum Gasteiger partial charge on any atom is 0 e. The van der Waals surface area contributed by atoms with Gasteiger partial charge in [0.05, 0.1) is 12.2 Å². The van der Waals surface area contributed by atoms with Gasteiger partial charge in [-0.1, -0.05) is 61.6 Å². The zero-order chi connectivity index (χ0) is 18.7. The van der Waals surface area contributed by atoms with E-state index in [1.165, 1.54) is 0 Å². The van der Waals surface area contributed by atoms with Crippen LogP contribution in [0.15, 0.2) is 54.6 Å². The zero-order valence-electron chi connectivity index (χ0n) is 13.4. The van der Waals surface area contributed by atoms with E-state index in [0.717, 1.165) is 5.56 Å². The van der Waals surface area contributed by atoms with Crippen molar-refractivity contribution < 1.29 is 41.2 Å². The van der Waals surface area contributed by atoms with E-state index in [0.29, 0.717) is 0 Å². The molecule has 0 saturated carbocycles. The molecular weight excluding hydrogens is 352 g/mol. The summed E-state index contributed by atoms with van der Waals surface area (Å²) < 4.78 is 22.5. The van der Waals surface area contributed by atoms with Crippen LogP contribution in [0.25, 0.3) is 0 Å². The minimum absolute atomic E-state index is 0. The molecule has 3 atom stereocenters. The van der Waals surface area contributed by atoms with Crippen molar-refractivity contribution in [1.29, 1.82) is 0 Å².